The monoisotopic (exact) mass is 520 g/mol. The number of ether oxygens (including phenoxy) is 2. The standard InChI is InChI=1S/C24H28N10O4/c1-4-33(24-27-12-16(13-28-24)23(35)38-25)14-17-29-19-21(32(17)2)30-20(15-5-6-18(36-3)26-11-15)31-22(19)34-7-9-37-10-8-34/h5-6,11-13H,4,7-10,14,25H2,1-3H3. The summed E-state index contributed by atoms with van der Waals surface area (Å²) in [7, 11) is 3.50. The van der Waals surface area contributed by atoms with Crippen molar-refractivity contribution in [3.63, 3.8) is 0 Å². The Morgan fingerprint density at radius 2 is 1.87 bits per heavy atom. The Bertz CT molecular complexity index is 1420. The van der Waals surface area contributed by atoms with E-state index in [1.165, 1.54) is 12.4 Å². The zero-order chi connectivity index (χ0) is 26.6. The van der Waals surface area contributed by atoms with Gasteiger partial charge < -0.3 is 28.7 Å². The van der Waals surface area contributed by atoms with Gasteiger partial charge in [-0.15, -0.1) is 0 Å². The fraction of sp³-hybridized carbons (Fsp3) is 0.375. The maximum absolute atomic E-state index is 11.6. The number of aromatic nitrogens is 7. The summed E-state index contributed by atoms with van der Waals surface area (Å²) in [6, 6.07) is 3.66. The molecular formula is C24H28N10O4. The number of pyridine rings is 1. The van der Waals surface area contributed by atoms with Crippen molar-refractivity contribution in [2.75, 3.05) is 49.8 Å². The van der Waals surface area contributed by atoms with Gasteiger partial charge in [0.2, 0.25) is 11.8 Å². The average molecular weight is 521 g/mol. The van der Waals surface area contributed by atoms with Crippen molar-refractivity contribution in [3.8, 4) is 17.3 Å². The molecule has 14 nitrogen and oxygen atoms in total. The van der Waals surface area contributed by atoms with Gasteiger partial charge in [-0.1, -0.05) is 0 Å². The van der Waals surface area contributed by atoms with Gasteiger partial charge in [0.25, 0.3) is 0 Å². The summed E-state index contributed by atoms with van der Waals surface area (Å²) < 4.78 is 12.7. The van der Waals surface area contributed by atoms with Crippen molar-refractivity contribution in [3.05, 3.63) is 42.1 Å². The van der Waals surface area contributed by atoms with Gasteiger partial charge in [-0.25, -0.2) is 34.7 Å². The molecule has 14 heteroatoms. The summed E-state index contributed by atoms with van der Waals surface area (Å²) in [6.07, 6.45) is 4.46. The van der Waals surface area contributed by atoms with Crippen molar-refractivity contribution < 1.29 is 19.1 Å². The Morgan fingerprint density at radius 3 is 2.50 bits per heavy atom. The number of hydrogen-bond acceptors (Lipinski definition) is 13. The molecule has 0 bridgehead atoms. The number of carbonyl (C=O) groups excluding carboxylic acids is 1. The highest BCUT2D eigenvalue weighted by molar-refractivity contribution is 5.88. The molecule has 1 saturated heterocycles. The van der Waals surface area contributed by atoms with Crippen LogP contribution in [0.1, 0.15) is 23.1 Å². The minimum atomic E-state index is -0.702. The molecule has 0 aliphatic carbocycles. The molecule has 0 unspecified atom stereocenters. The molecule has 0 spiro atoms. The van der Waals surface area contributed by atoms with E-state index < -0.39 is 5.97 Å². The number of rotatable bonds is 8. The lowest BCUT2D eigenvalue weighted by Crippen LogP contribution is -2.37. The lowest BCUT2D eigenvalue weighted by Gasteiger charge is -2.28. The third-order valence-electron chi connectivity index (χ3n) is 6.29. The van der Waals surface area contributed by atoms with Crippen LogP contribution < -0.4 is 20.4 Å². The zero-order valence-electron chi connectivity index (χ0n) is 21.4. The predicted octanol–water partition coefficient (Wildman–Crippen LogP) is 1.12. The van der Waals surface area contributed by atoms with Gasteiger partial charge >= 0.3 is 5.97 Å². The van der Waals surface area contributed by atoms with Gasteiger partial charge in [0.15, 0.2) is 22.8 Å². The first-order chi connectivity index (χ1) is 18.5. The summed E-state index contributed by atoms with van der Waals surface area (Å²) in [6.45, 7) is 5.62. The molecule has 198 valence electrons. The summed E-state index contributed by atoms with van der Waals surface area (Å²) in [5.74, 6) is 7.25. The maximum Gasteiger partial charge on any atom is 0.359 e. The van der Waals surface area contributed by atoms with Crippen LogP contribution in [0, 0.1) is 0 Å². The lowest BCUT2D eigenvalue weighted by atomic mass is 10.2. The lowest BCUT2D eigenvalue weighted by molar-refractivity contribution is 0.0502. The predicted molar refractivity (Wildman–Crippen MR) is 137 cm³/mol. The Kier molecular flexibility index (Phi) is 7.24. The van der Waals surface area contributed by atoms with Crippen molar-refractivity contribution in [1.29, 1.82) is 0 Å². The smallest absolute Gasteiger partial charge is 0.359 e. The van der Waals surface area contributed by atoms with Crippen LogP contribution in [-0.2, 0) is 23.2 Å². The van der Waals surface area contributed by atoms with Crippen LogP contribution in [0.15, 0.2) is 30.7 Å². The number of carbonyl (C=O) groups is 1. The molecular weight excluding hydrogens is 492 g/mol. The Balaban J connectivity index is 1.54. The highest BCUT2D eigenvalue weighted by Gasteiger charge is 2.24. The van der Waals surface area contributed by atoms with Gasteiger partial charge in [-0.3, -0.25) is 0 Å². The van der Waals surface area contributed by atoms with Crippen molar-refractivity contribution >= 4 is 28.9 Å². The van der Waals surface area contributed by atoms with E-state index in [2.05, 4.69) is 24.7 Å². The van der Waals surface area contributed by atoms with E-state index in [0.717, 1.165) is 17.2 Å². The molecule has 0 amide bonds. The summed E-state index contributed by atoms with van der Waals surface area (Å²) in [4.78, 5) is 47.6. The fourth-order valence-corrected chi connectivity index (χ4v) is 4.14. The second kappa shape index (κ2) is 10.9. The van der Waals surface area contributed by atoms with Crippen LogP contribution in [0.5, 0.6) is 5.88 Å². The van der Waals surface area contributed by atoms with E-state index in [1.54, 1.807) is 19.4 Å². The molecule has 1 aliphatic rings. The number of nitrogens with two attached hydrogens (primary N) is 1. The van der Waals surface area contributed by atoms with Crippen molar-refractivity contribution in [1.82, 2.24) is 34.5 Å². The van der Waals surface area contributed by atoms with Crippen molar-refractivity contribution in [2.45, 2.75) is 13.5 Å². The molecule has 5 heterocycles. The number of hydrogen-bond donors (Lipinski definition) is 1. The van der Waals surface area contributed by atoms with E-state index in [9.17, 15) is 4.79 Å². The Morgan fingerprint density at radius 1 is 1.11 bits per heavy atom. The molecule has 0 radical (unpaired) electrons. The molecule has 0 saturated carbocycles. The van der Waals surface area contributed by atoms with E-state index in [-0.39, 0.29) is 5.56 Å². The molecule has 1 fully saturated rings. The van der Waals surface area contributed by atoms with E-state index in [1.807, 2.05) is 29.5 Å². The second-order valence-electron chi connectivity index (χ2n) is 8.51. The minimum Gasteiger partial charge on any atom is -0.481 e. The SMILES string of the molecule is CCN(Cc1nc2c(N3CCOCC3)nc(-c3ccc(OC)nc3)nc2n1C)c1ncc(C(=O)ON)cn1. The Hall–Kier alpha value is -4.43. The fourth-order valence-electron chi connectivity index (χ4n) is 4.14. The molecule has 2 N–H and O–H groups in total. The second-order valence-corrected chi connectivity index (χ2v) is 8.51. The van der Waals surface area contributed by atoms with E-state index in [4.69, 9.17) is 30.3 Å². The van der Waals surface area contributed by atoms with Crippen LogP contribution in [0.3, 0.4) is 0 Å². The minimum absolute atomic E-state index is 0.168. The largest absolute Gasteiger partial charge is 0.481 e. The van der Waals surface area contributed by atoms with Gasteiger partial charge in [-0.05, 0) is 13.0 Å². The van der Waals surface area contributed by atoms with Crippen molar-refractivity contribution in [2.24, 2.45) is 12.9 Å². The van der Waals surface area contributed by atoms with Crippen LogP contribution in [0.25, 0.3) is 22.6 Å². The number of methoxy groups -OCH3 is 1. The van der Waals surface area contributed by atoms with E-state index >= 15 is 0 Å². The number of nitrogens with zero attached hydrogens (tertiary/aromatic N) is 9. The molecule has 38 heavy (non-hydrogen) atoms. The number of anilines is 2. The zero-order valence-corrected chi connectivity index (χ0v) is 21.4. The number of imidazole rings is 1. The molecule has 4 aromatic heterocycles. The molecule has 0 aromatic carbocycles. The Labute approximate surface area is 218 Å². The van der Waals surface area contributed by atoms with Crippen LogP contribution in [0.4, 0.5) is 11.8 Å². The van der Waals surface area contributed by atoms with Crippen LogP contribution in [0.2, 0.25) is 0 Å². The highest BCUT2D eigenvalue weighted by atomic mass is 16.7. The first-order valence-corrected chi connectivity index (χ1v) is 12.1. The third kappa shape index (κ3) is 4.90. The molecule has 4 aromatic rings. The van der Waals surface area contributed by atoms with Gasteiger partial charge in [0.1, 0.15) is 5.82 Å². The normalized spacial score (nSPS) is 13.5. The first-order valence-electron chi connectivity index (χ1n) is 12.1. The first kappa shape index (κ1) is 25.2. The number of aryl methyl sites for hydroxylation is 1. The molecule has 1 aliphatic heterocycles. The summed E-state index contributed by atoms with van der Waals surface area (Å²) >= 11 is 0. The average Bonchev–Trinajstić information content (AvgIpc) is 3.30. The summed E-state index contributed by atoms with van der Waals surface area (Å²) in [5, 5.41) is 0. The highest BCUT2D eigenvalue weighted by Crippen LogP contribution is 2.29. The third-order valence-corrected chi connectivity index (χ3v) is 6.29. The number of morpholine rings is 1. The van der Waals surface area contributed by atoms with Gasteiger partial charge in [0, 0.05) is 56.9 Å². The van der Waals surface area contributed by atoms with Crippen LogP contribution in [-0.4, -0.2) is 80.4 Å². The quantitative estimate of drug-likeness (QED) is 0.330. The summed E-state index contributed by atoms with van der Waals surface area (Å²) in [5.41, 5.74) is 2.33. The van der Waals surface area contributed by atoms with Gasteiger partial charge in [-0.2, -0.15) is 5.90 Å². The molecule has 5 rings (SSSR count). The topological polar surface area (TPSA) is 160 Å². The van der Waals surface area contributed by atoms with E-state index in [0.29, 0.717) is 68.2 Å². The maximum atomic E-state index is 11.6. The molecule has 0 atom stereocenters. The van der Waals surface area contributed by atoms with Gasteiger partial charge in [0.05, 0.1) is 32.4 Å². The van der Waals surface area contributed by atoms with Crippen LogP contribution >= 0.6 is 0 Å². The number of fused-ring (bicyclic) bond motifs is 1.